The van der Waals surface area contributed by atoms with Crippen molar-refractivity contribution in [2.24, 2.45) is 10.8 Å². The van der Waals surface area contributed by atoms with E-state index in [9.17, 15) is 24.4 Å². The number of piperidine rings is 2. The Morgan fingerprint density at radius 3 is 2.42 bits per heavy atom. The Bertz CT molecular complexity index is 2050. The highest BCUT2D eigenvalue weighted by Crippen LogP contribution is 2.55. The van der Waals surface area contributed by atoms with Gasteiger partial charge in [0.25, 0.3) is 11.8 Å². The Morgan fingerprint density at radius 2 is 1.74 bits per heavy atom. The van der Waals surface area contributed by atoms with Gasteiger partial charge in [0.05, 0.1) is 16.1 Å². The number of imide groups is 1. The molecule has 0 spiro atoms. The zero-order valence-corrected chi connectivity index (χ0v) is 34.2. The molecule has 2 saturated heterocycles. The maximum Gasteiger partial charge on any atom is 0.255 e. The third-order valence-corrected chi connectivity index (χ3v) is 13.1. The first-order valence-corrected chi connectivity index (χ1v) is 20.8. The van der Waals surface area contributed by atoms with Gasteiger partial charge in [0.1, 0.15) is 24.0 Å². The van der Waals surface area contributed by atoms with Gasteiger partial charge in [0.15, 0.2) is 0 Å². The lowest BCUT2D eigenvalue weighted by Crippen LogP contribution is -2.74. The number of aryl methyl sites for hydroxylation is 1. The van der Waals surface area contributed by atoms with Crippen LogP contribution in [0.1, 0.15) is 128 Å². The number of halogens is 1. The fraction of sp³-hybridized carbons (Fsp3) is 0.511. The van der Waals surface area contributed by atoms with E-state index >= 15 is 0 Å². The molecule has 12 heteroatoms. The van der Waals surface area contributed by atoms with E-state index in [1.807, 2.05) is 18.2 Å². The van der Waals surface area contributed by atoms with Gasteiger partial charge in [-0.1, -0.05) is 64.3 Å². The van der Waals surface area contributed by atoms with E-state index in [2.05, 4.69) is 66.4 Å². The number of rotatable bonds is 13. The average molecular weight is 793 g/mol. The third-order valence-electron chi connectivity index (χ3n) is 12.8. The minimum atomic E-state index is -0.585. The number of hydrogen-bond donors (Lipinski definition) is 2. The number of nitriles is 1. The highest BCUT2D eigenvalue weighted by molar-refractivity contribution is 6.31. The van der Waals surface area contributed by atoms with Gasteiger partial charge in [0, 0.05) is 53.4 Å². The molecule has 1 unspecified atom stereocenters. The minimum absolute atomic E-state index is 0.122. The molecule has 4 aliphatic rings. The van der Waals surface area contributed by atoms with Gasteiger partial charge < -0.3 is 19.9 Å². The summed E-state index contributed by atoms with van der Waals surface area (Å²) in [6.45, 7) is 12.0. The highest BCUT2D eigenvalue weighted by atomic mass is 35.5. The van der Waals surface area contributed by atoms with Crippen LogP contribution in [0.3, 0.4) is 0 Å². The lowest BCUT2D eigenvalue weighted by atomic mass is 9.49. The van der Waals surface area contributed by atoms with Gasteiger partial charge in [-0.15, -0.1) is 0 Å². The molecule has 4 heterocycles. The second kappa shape index (κ2) is 16.6. The van der Waals surface area contributed by atoms with Crippen LogP contribution < -0.4 is 15.4 Å². The molecular formula is C45H53ClN6O5. The minimum Gasteiger partial charge on any atom is -0.489 e. The molecule has 2 aromatic carbocycles. The molecule has 11 nitrogen and oxygen atoms in total. The van der Waals surface area contributed by atoms with Crippen LogP contribution in [-0.2, 0) is 22.6 Å². The second-order valence-electron chi connectivity index (χ2n) is 17.4. The number of nitrogens with zero attached hydrogens (tertiary/aromatic N) is 4. The van der Waals surface area contributed by atoms with Gasteiger partial charge in [0.2, 0.25) is 11.8 Å². The molecule has 1 aliphatic carbocycles. The summed E-state index contributed by atoms with van der Waals surface area (Å²) < 4.78 is 6.36. The fourth-order valence-corrected chi connectivity index (χ4v) is 10.1. The number of ether oxygens (including phenoxy) is 1. The van der Waals surface area contributed by atoms with Gasteiger partial charge in [-0.25, -0.2) is 0 Å². The number of carbonyl (C=O) groups is 4. The number of unbranched alkanes of at least 4 members (excludes halogenated alkanes) is 3. The summed E-state index contributed by atoms with van der Waals surface area (Å²) >= 11 is 6.24. The molecule has 4 amide bonds. The molecule has 3 fully saturated rings. The Balaban J connectivity index is 0.791. The Kier molecular flexibility index (Phi) is 11.8. The number of pyridine rings is 1. The summed E-state index contributed by atoms with van der Waals surface area (Å²) in [7, 11) is 0. The maximum absolute atomic E-state index is 13.3. The van der Waals surface area contributed by atoms with Crippen molar-refractivity contribution in [1.82, 2.24) is 25.4 Å². The van der Waals surface area contributed by atoms with Gasteiger partial charge in [-0.3, -0.25) is 29.5 Å². The summed E-state index contributed by atoms with van der Waals surface area (Å²) in [6, 6.07) is 16.5. The molecular weight excluding hydrogens is 740 g/mol. The van der Waals surface area contributed by atoms with Crippen molar-refractivity contribution >= 4 is 35.2 Å². The SMILES string of the molecule is CC1(C)C(NC(=O)c2ccc(CCCCCCN3CCC(c4ccc5c(c4)CN(C4CCC(=O)NC4=O)C5=O)CC3)nc2)C(C)(C)C1Oc1ccc(C#N)c(Cl)c1. The molecule has 1 aromatic heterocycles. The maximum atomic E-state index is 13.3. The standard InChI is InChI=1S/C45H53ClN6O5/c1-44(2)42(45(3,4)43(44)57-34-14-11-30(25-47)36(46)24-34)50-39(54)31-10-13-33(48-26-31)9-7-5-6-8-20-51-21-18-28(19-22-51)29-12-15-35-32(23-29)27-52(41(35)56)37-16-17-38(53)49-40(37)55/h10-15,23-24,26,28,37,42-43H,5-9,16-22,27H2,1-4H3,(H,50,54)(H,49,53,55). The zero-order chi connectivity index (χ0) is 40.5. The molecule has 3 aliphatic heterocycles. The van der Waals surface area contributed by atoms with Crippen LogP contribution in [0.2, 0.25) is 5.02 Å². The average Bonchev–Trinajstić information content (AvgIpc) is 3.52. The zero-order valence-electron chi connectivity index (χ0n) is 33.4. The van der Waals surface area contributed by atoms with E-state index in [1.165, 1.54) is 12.0 Å². The Hall–Kier alpha value is -4.79. The van der Waals surface area contributed by atoms with Crippen LogP contribution in [0.15, 0.2) is 54.7 Å². The van der Waals surface area contributed by atoms with E-state index in [4.69, 9.17) is 16.3 Å². The van der Waals surface area contributed by atoms with Gasteiger partial charge in [-0.05, 0) is 106 Å². The van der Waals surface area contributed by atoms with Crippen molar-refractivity contribution < 1.29 is 23.9 Å². The predicted molar refractivity (Wildman–Crippen MR) is 217 cm³/mol. The number of aromatic nitrogens is 1. The predicted octanol–water partition coefficient (Wildman–Crippen LogP) is 6.96. The van der Waals surface area contributed by atoms with Crippen LogP contribution in [0.4, 0.5) is 0 Å². The largest absolute Gasteiger partial charge is 0.489 e. The molecule has 57 heavy (non-hydrogen) atoms. The van der Waals surface area contributed by atoms with Crippen LogP contribution in [0.5, 0.6) is 5.75 Å². The topological polar surface area (TPSA) is 145 Å². The number of carbonyl (C=O) groups excluding carboxylic acids is 4. The normalized spacial score (nSPS) is 23.0. The molecule has 3 aromatic rings. The fourth-order valence-electron chi connectivity index (χ4n) is 9.85. The van der Waals surface area contributed by atoms with Crippen molar-refractivity contribution in [3.05, 3.63) is 93.3 Å². The van der Waals surface area contributed by atoms with Gasteiger partial charge in [-0.2, -0.15) is 5.26 Å². The molecule has 0 bridgehead atoms. The van der Waals surface area contributed by atoms with Crippen molar-refractivity contribution in [3.8, 4) is 11.8 Å². The van der Waals surface area contributed by atoms with E-state index in [0.717, 1.165) is 69.4 Å². The first-order chi connectivity index (χ1) is 27.3. The number of benzene rings is 2. The Morgan fingerprint density at radius 1 is 0.982 bits per heavy atom. The van der Waals surface area contributed by atoms with Crippen molar-refractivity contribution in [3.63, 3.8) is 0 Å². The second-order valence-corrected chi connectivity index (χ2v) is 17.8. The molecule has 1 atom stereocenters. The number of fused-ring (bicyclic) bond motifs is 1. The van der Waals surface area contributed by atoms with Crippen LogP contribution in [0.25, 0.3) is 0 Å². The van der Waals surface area contributed by atoms with Crippen LogP contribution in [-0.4, -0.2) is 76.2 Å². The molecule has 7 rings (SSSR count). The van der Waals surface area contributed by atoms with Crippen molar-refractivity contribution in [1.29, 1.82) is 5.26 Å². The third kappa shape index (κ3) is 8.44. The van der Waals surface area contributed by atoms with E-state index in [0.29, 0.717) is 46.3 Å². The summed E-state index contributed by atoms with van der Waals surface area (Å²) in [5.41, 5.74) is 4.17. The van der Waals surface area contributed by atoms with Gasteiger partial charge >= 0.3 is 0 Å². The monoisotopic (exact) mass is 792 g/mol. The smallest absolute Gasteiger partial charge is 0.255 e. The summed E-state index contributed by atoms with van der Waals surface area (Å²) in [5.74, 6) is 0.144. The quantitative estimate of drug-likeness (QED) is 0.140. The summed E-state index contributed by atoms with van der Waals surface area (Å²) in [5, 5.41) is 15.2. The van der Waals surface area contributed by atoms with E-state index in [-0.39, 0.29) is 53.0 Å². The number of hydrogen-bond acceptors (Lipinski definition) is 8. The molecule has 2 N–H and O–H groups in total. The number of amides is 4. The van der Waals surface area contributed by atoms with Crippen LogP contribution in [0, 0.1) is 22.2 Å². The first kappa shape index (κ1) is 40.4. The molecule has 300 valence electrons. The summed E-state index contributed by atoms with van der Waals surface area (Å²) in [4.78, 5) is 59.2. The Labute approximate surface area is 340 Å². The lowest BCUT2D eigenvalue weighted by molar-refractivity contribution is -0.164. The lowest BCUT2D eigenvalue weighted by Gasteiger charge is -2.63. The number of nitrogens with one attached hydrogen (secondary N) is 2. The number of likely N-dealkylation sites (tertiary alicyclic amines) is 1. The van der Waals surface area contributed by atoms with Crippen molar-refractivity contribution in [2.45, 2.75) is 116 Å². The molecule has 0 radical (unpaired) electrons. The summed E-state index contributed by atoms with van der Waals surface area (Å²) in [6.07, 6.45) is 9.71. The van der Waals surface area contributed by atoms with Crippen molar-refractivity contribution in [2.75, 3.05) is 19.6 Å². The van der Waals surface area contributed by atoms with E-state index < -0.39 is 6.04 Å². The van der Waals surface area contributed by atoms with E-state index in [1.54, 1.807) is 29.3 Å². The molecule has 1 saturated carbocycles. The highest BCUT2D eigenvalue weighted by Gasteiger charge is 2.64. The first-order valence-electron chi connectivity index (χ1n) is 20.4. The van der Waals surface area contributed by atoms with Crippen LogP contribution >= 0.6 is 11.6 Å².